The summed E-state index contributed by atoms with van der Waals surface area (Å²) in [5.41, 5.74) is 6.50. The zero-order valence-corrected chi connectivity index (χ0v) is 8.88. The van der Waals surface area contributed by atoms with Crippen LogP contribution in [0, 0.1) is 0 Å². The lowest BCUT2D eigenvalue weighted by Crippen LogP contribution is -1.95. The van der Waals surface area contributed by atoms with E-state index in [2.05, 4.69) is 38.1 Å². The highest BCUT2D eigenvalue weighted by molar-refractivity contribution is 5.54. The highest BCUT2D eigenvalue weighted by atomic mass is 14.4. The molecule has 0 amide bonds. The van der Waals surface area contributed by atoms with Gasteiger partial charge in [-0.1, -0.05) is 35.4 Å². The molecule has 0 heteroatoms. The summed E-state index contributed by atoms with van der Waals surface area (Å²) in [7, 11) is 0. The second-order valence-corrected chi connectivity index (χ2v) is 4.77. The van der Waals surface area contributed by atoms with Gasteiger partial charge in [-0.3, -0.25) is 0 Å². The van der Waals surface area contributed by atoms with E-state index >= 15 is 0 Å². The SMILES string of the molecule is CC(C)=C1[C@@H]2CC[C@@H]1c1ccccc12. The molecule has 2 aliphatic carbocycles. The van der Waals surface area contributed by atoms with E-state index in [4.69, 9.17) is 0 Å². The van der Waals surface area contributed by atoms with Crippen molar-refractivity contribution in [3.63, 3.8) is 0 Å². The van der Waals surface area contributed by atoms with Gasteiger partial charge in [-0.2, -0.15) is 0 Å². The molecule has 1 aromatic carbocycles. The summed E-state index contributed by atoms with van der Waals surface area (Å²) in [6.45, 7) is 4.54. The largest absolute Gasteiger partial charge is 0.0760 e. The summed E-state index contributed by atoms with van der Waals surface area (Å²) >= 11 is 0. The smallest absolute Gasteiger partial charge is 0.00600 e. The molecule has 0 radical (unpaired) electrons. The van der Waals surface area contributed by atoms with Gasteiger partial charge in [0.25, 0.3) is 0 Å². The zero-order valence-electron chi connectivity index (χ0n) is 8.88. The molecule has 72 valence electrons. The van der Waals surface area contributed by atoms with Gasteiger partial charge < -0.3 is 0 Å². The monoisotopic (exact) mass is 184 g/mol. The number of fused-ring (bicyclic) bond motifs is 5. The molecule has 0 aromatic heterocycles. The first-order chi connectivity index (χ1) is 6.79. The molecule has 2 aliphatic rings. The van der Waals surface area contributed by atoms with Crippen LogP contribution in [-0.2, 0) is 0 Å². The third kappa shape index (κ3) is 0.890. The Morgan fingerprint density at radius 3 is 1.93 bits per heavy atom. The summed E-state index contributed by atoms with van der Waals surface area (Å²) < 4.78 is 0. The van der Waals surface area contributed by atoms with Crippen molar-refractivity contribution in [2.75, 3.05) is 0 Å². The molecule has 1 saturated carbocycles. The molecule has 1 fully saturated rings. The summed E-state index contributed by atoms with van der Waals surface area (Å²) in [5.74, 6) is 1.53. The summed E-state index contributed by atoms with van der Waals surface area (Å²) in [5, 5.41) is 0. The van der Waals surface area contributed by atoms with Crippen molar-refractivity contribution in [3.05, 3.63) is 46.5 Å². The first-order valence-corrected chi connectivity index (χ1v) is 5.55. The molecule has 0 N–H and O–H groups in total. The van der Waals surface area contributed by atoms with E-state index in [0.717, 1.165) is 11.8 Å². The minimum Gasteiger partial charge on any atom is -0.0760 e. The molecule has 0 aliphatic heterocycles. The van der Waals surface area contributed by atoms with Crippen molar-refractivity contribution in [2.45, 2.75) is 38.5 Å². The topological polar surface area (TPSA) is 0 Å². The predicted octanol–water partition coefficient (Wildman–Crippen LogP) is 4.00. The molecular formula is C14H16. The minimum atomic E-state index is 0.765. The van der Waals surface area contributed by atoms with Gasteiger partial charge in [0, 0.05) is 11.8 Å². The first kappa shape index (κ1) is 8.28. The van der Waals surface area contributed by atoms with Gasteiger partial charge in [0.2, 0.25) is 0 Å². The van der Waals surface area contributed by atoms with E-state index in [9.17, 15) is 0 Å². The van der Waals surface area contributed by atoms with Gasteiger partial charge in [-0.15, -0.1) is 0 Å². The Balaban J connectivity index is 2.23. The van der Waals surface area contributed by atoms with Crippen LogP contribution in [0.1, 0.15) is 49.7 Å². The number of allylic oxidation sites excluding steroid dienone is 2. The van der Waals surface area contributed by atoms with E-state index in [1.165, 1.54) is 12.8 Å². The lowest BCUT2D eigenvalue weighted by Gasteiger charge is -2.12. The van der Waals surface area contributed by atoms with Crippen molar-refractivity contribution >= 4 is 0 Å². The van der Waals surface area contributed by atoms with Crippen LogP contribution < -0.4 is 0 Å². The normalized spacial score (nSPS) is 28.0. The van der Waals surface area contributed by atoms with E-state index in [1.54, 1.807) is 22.3 Å². The van der Waals surface area contributed by atoms with Crippen molar-refractivity contribution in [1.29, 1.82) is 0 Å². The van der Waals surface area contributed by atoms with Crippen molar-refractivity contribution in [2.24, 2.45) is 0 Å². The molecule has 0 unspecified atom stereocenters. The van der Waals surface area contributed by atoms with Gasteiger partial charge in [-0.25, -0.2) is 0 Å². The van der Waals surface area contributed by atoms with Crippen LogP contribution in [0.15, 0.2) is 35.4 Å². The molecule has 0 nitrogen and oxygen atoms in total. The molecule has 2 atom stereocenters. The van der Waals surface area contributed by atoms with E-state index in [1.807, 2.05) is 0 Å². The predicted molar refractivity (Wildman–Crippen MR) is 59.5 cm³/mol. The molecule has 3 rings (SSSR count). The Hall–Kier alpha value is -1.04. The van der Waals surface area contributed by atoms with Crippen LogP contribution in [0.5, 0.6) is 0 Å². The van der Waals surface area contributed by atoms with Crippen molar-refractivity contribution in [3.8, 4) is 0 Å². The van der Waals surface area contributed by atoms with E-state index < -0.39 is 0 Å². The molecule has 0 heterocycles. The maximum Gasteiger partial charge on any atom is 0.00600 e. The van der Waals surface area contributed by atoms with Gasteiger partial charge in [0.05, 0.1) is 0 Å². The molecular weight excluding hydrogens is 168 g/mol. The van der Waals surface area contributed by atoms with Gasteiger partial charge in [-0.05, 0) is 37.8 Å². The molecule has 0 spiro atoms. The standard InChI is InChI=1S/C14H16/c1-9(2)14-12-7-8-13(14)11-6-4-3-5-10(11)12/h3-6,12-13H,7-8H2,1-2H3/t12-,13-/m1/s1. The van der Waals surface area contributed by atoms with Crippen molar-refractivity contribution < 1.29 is 0 Å². The van der Waals surface area contributed by atoms with Crippen LogP contribution in [0.2, 0.25) is 0 Å². The Kier molecular flexibility index (Phi) is 1.61. The highest BCUT2D eigenvalue weighted by Gasteiger charge is 2.41. The number of benzene rings is 1. The number of hydrogen-bond donors (Lipinski definition) is 0. The minimum absolute atomic E-state index is 0.765. The lowest BCUT2D eigenvalue weighted by molar-refractivity contribution is 0.717. The van der Waals surface area contributed by atoms with E-state index in [-0.39, 0.29) is 0 Å². The average molecular weight is 184 g/mol. The van der Waals surface area contributed by atoms with Crippen LogP contribution in [0.4, 0.5) is 0 Å². The van der Waals surface area contributed by atoms with Gasteiger partial charge in [0.15, 0.2) is 0 Å². The zero-order chi connectivity index (χ0) is 9.71. The van der Waals surface area contributed by atoms with Gasteiger partial charge >= 0.3 is 0 Å². The maximum atomic E-state index is 2.32. The quantitative estimate of drug-likeness (QED) is 0.535. The summed E-state index contributed by atoms with van der Waals surface area (Å²) in [6, 6.07) is 9.01. The third-order valence-electron chi connectivity index (χ3n) is 3.82. The Morgan fingerprint density at radius 1 is 1.00 bits per heavy atom. The fourth-order valence-corrected chi connectivity index (χ4v) is 3.38. The highest BCUT2D eigenvalue weighted by Crippen LogP contribution is 2.57. The Bertz CT molecular complexity index is 375. The van der Waals surface area contributed by atoms with Crippen LogP contribution >= 0.6 is 0 Å². The maximum absolute atomic E-state index is 2.32. The summed E-state index contributed by atoms with van der Waals surface area (Å²) in [4.78, 5) is 0. The second kappa shape index (κ2) is 2.73. The van der Waals surface area contributed by atoms with Crippen LogP contribution in [0.3, 0.4) is 0 Å². The fourth-order valence-electron chi connectivity index (χ4n) is 3.38. The molecule has 14 heavy (non-hydrogen) atoms. The molecule has 2 bridgehead atoms. The number of hydrogen-bond acceptors (Lipinski definition) is 0. The van der Waals surface area contributed by atoms with Crippen molar-refractivity contribution in [1.82, 2.24) is 0 Å². The Labute approximate surface area is 85.6 Å². The lowest BCUT2D eigenvalue weighted by atomic mass is 9.92. The average Bonchev–Trinajstić information content (AvgIpc) is 2.73. The number of rotatable bonds is 0. The first-order valence-electron chi connectivity index (χ1n) is 5.55. The van der Waals surface area contributed by atoms with Gasteiger partial charge in [0.1, 0.15) is 0 Å². The Morgan fingerprint density at radius 2 is 1.50 bits per heavy atom. The fraction of sp³-hybridized carbons (Fsp3) is 0.429. The molecule has 0 saturated heterocycles. The molecule has 1 aromatic rings. The summed E-state index contributed by atoms with van der Waals surface area (Å²) in [6.07, 6.45) is 2.75. The van der Waals surface area contributed by atoms with E-state index in [0.29, 0.717) is 0 Å². The third-order valence-corrected chi connectivity index (χ3v) is 3.82. The second-order valence-electron chi connectivity index (χ2n) is 4.77. The van der Waals surface area contributed by atoms with Crippen LogP contribution in [-0.4, -0.2) is 0 Å². The van der Waals surface area contributed by atoms with Crippen LogP contribution in [0.25, 0.3) is 0 Å².